The third kappa shape index (κ3) is 7.23. The van der Waals surface area contributed by atoms with E-state index < -0.39 is 21.9 Å². The largest absolute Gasteiger partial charge is 0.477 e. The molecule has 0 saturated carbocycles. The van der Waals surface area contributed by atoms with Crippen molar-refractivity contribution >= 4 is 27.8 Å². The Labute approximate surface area is 188 Å². The molecule has 0 unspecified atom stereocenters. The van der Waals surface area contributed by atoms with Crippen LogP contribution in [-0.2, 0) is 30.8 Å². The Morgan fingerprint density at radius 1 is 1.09 bits per heavy atom. The molecule has 0 atom stereocenters. The zero-order chi connectivity index (χ0) is 24.1. The molecule has 0 saturated heterocycles. The highest BCUT2D eigenvalue weighted by Crippen LogP contribution is 2.23. The molecule has 2 rings (SSSR count). The van der Waals surface area contributed by atoms with Crippen molar-refractivity contribution in [2.24, 2.45) is 5.41 Å². The van der Waals surface area contributed by atoms with Crippen molar-refractivity contribution in [3.8, 4) is 0 Å². The van der Waals surface area contributed by atoms with Crippen LogP contribution in [0.2, 0.25) is 0 Å². The van der Waals surface area contributed by atoms with Crippen LogP contribution in [0.4, 0.5) is 0 Å². The summed E-state index contributed by atoms with van der Waals surface area (Å²) in [7, 11) is -4.11. The Kier molecular flexibility index (Phi) is 7.84. The SMILES string of the molecule is CC(=O)NCCc1ccc(S(=O)(=O)NC(=O)C2=CC=C(C(=O)O)N(CC(C)(C)C)C2)cc1. The molecule has 2 amide bonds. The molecule has 1 aromatic carbocycles. The number of carboxylic acid groups (broad SMARTS) is 1. The Hall–Kier alpha value is -3.14. The standard InChI is InChI=1S/C22H29N3O6S/c1-15(26)23-12-11-16-5-8-18(9-6-16)32(30,31)24-20(27)17-7-10-19(21(28)29)25(13-17)14-22(2,3)4/h5-10H,11-14H2,1-4H3,(H,23,26)(H,24,27)(H,28,29). The second-order valence-electron chi connectivity index (χ2n) is 8.78. The molecule has 174 valence electrons. The summed E-state index contributed by atoms with van der Waals surface area (Å²) in [5.74, 6) is -2.06. The van der Waals surface area contributed by atoms with Gasteiger partial charge in [0, 0.05) is 32.1 Å². The van der Waals surface area contributed by atoms with Gasteiger partial charge in [-0.2, -0.15) is 0 Å². The van der Waals surface area contributed by atoms with Crippen LogP contribution in [0, 0.1) is 5.41 Å². The van der Waals surface area contributed by atoms with Gasteiger partial charge in [-0.1, -0.05) is 32.9 Å². The first-order valence-electron chi connectivity index (χ1n) is 10.1. The number of carbonyl (C=O) groups is 3. The van der Waals surface area contributed by atoms with E-state index in [9.17, 15) is 27.9 Å². The lowest BCUT2D eigenvalue weighted by atomic mass is 9.94. The monoisotopic (exact) mass is 463 g/mol. The van der Waals surface area contributed by atoms with Crippen LogP contribution in [0.25, 0.3) is 0 Å². The van der Waals surface area contributed by atoms with Gasteiger partial charge in [0.1, 0.15) is 5.70 Å². The number of hydrogen-bond donors (Lipinski definition) is 3. The van der Waals surface area contributed by atoms with Gasteiger partial charge < -0.3 is 15.3 Å². The molecule has 1 aliphatic rings. The van der Waals surface area contributed by atoms with Gasteiger partial charge in [0.2, 0.25) is 5.91 Å². The van der Waals surface area contributed by atoms with Crippen LogP contribution in [0.15, 0.2) is 52.6 Å². The van der Waals surface area contributed by atoms with Crippen LogP contribution < -0.4 is 10.0 Å². The maximum absolute atomic E-state index is 12.6. The molecule has 32 heavy (non-hydrogen) atoms. The van der Waals surface area contributed by atoms with E-state index in [1.807, 2.05) is 20.8 Å². The number of allylic oxidation sites excluding steroid dienone is 2. The second kappa shape index (κ2) is 9.99. The van der Waals surface area contributed by atoms with Gasteiger partial charge in [-0.25, -0.2) is 17.9 Å². The third-order valence-corrected chi connectivity index (χ3v) is 5.92. The summed E-state index contributed by atoms with van der Waals surface area (Å²) in [4.78, 5) is 36.6. The molecule has 0 spiro atoms. The van der Waals surface area contributed by atoms with Crippen molar-refractivity contribution in [1.29, 1.82) is 0 Å². The second-order valence-corrected chi connectivity index (χ2v) is 10.5. The molecular formula is C22H29N3O6S. The van der Waals surface area contributed by atoms with Crippen molar-refractivity contribution < 1.29 is 27.9 Å². The van der Waals surface area contributed by atoms with E-state index in [1.165, 1.54) is 31.2 Å². The lowest BCUT2D eigenvalue weighted by Gasteiger charge is -2.34. The van der Waals surface area contributed by atoms with Crippen molar-refractivity contribution in [1.82, 2.24) is 14.9 Å². The molecule has 0 radical (unpaired) electrons. The number of hydrogen-bond acceptors (Lipinski definition) is 6. The summed E-state index contributed by atoms with van der Waals surface area (Å²) in [5.41, 5.74) is 0.799. The molecule has 1 aliphatic heterocycles. The molecule has 0 fully saturated rings. The molecular weight excluding hydrogens is 434 g/mol. The maximum Gasteiger partial charge on any atom is 0.352 e. The lowest BCUT2D eigenvalue weighted by molar-refractivity contribution is -0.134. The van der Waals surface area contributed by atoms with Gasteiger partial charge in [-0.3, -0.25) is 9.59 Å². The van der Waals surface area contributed by atoms with E-state index in [4.69, 9.17) is 0 Å². The summed E-state index contributed by atoms with van der Waals surface area (Å²) in [6.07, 6.45) is 3.18. The first-order valence-corrected chi connectivity index (χ1v) is 11.6. The van der Waals surface area contributed by atoms with Crippen LogP contribution >= 0.6 is 0 Å². The number of sulfonamides is 1. The van der Waals surface area contributed by atoms with Gasteiger partial charge in [0.05, 0.1) is 4.90 Å². The van der Waals surface area contributed by atoms with E-state index >= 15 is 0 Å². The number of benzene rings is 1. The highest BCUT2D eigenvalue weighted by atomic mass is 32.2. The maximum atomic E-state index is 12.6. The zero-order valence-corrected chi connectivity index (χ0v) is 19.5. The number of nitrogens with one attached hydrogen (secondary N) is 2. The zero-order valence-electron chi connectivity index (χ0n) is 18.6. The minimum Gasteiger partial charge on any atom is -0.477 e. The average Bonchev–Trinajstić information content (AvgIpc) is 2.66. The number of rotatable bonds is 8. The van der Waals surface area contributed by atoms with E-state index in [1.54, 1.807) is 17.0 Å². The predicted molar refractivity (Wildman–Crippen MR) is 119 cm³/mol. The fourth-order valence-electron chi connectivity index (χ4n) is 3.16. The molecule has 0 aromatic heterocycles. The van der Waals surface area contributed by atoms with Gasteiger partial charge >= 0.3 is 5.97 Å². The van der Waals surface area contributed by atoms with Crippen molar-refractivity contribution in [2.75, 3.05) is 19.6 Å². The minimum atomic E-state index is -4.11. The molecule has 3 N–H and O–H groups in total. The van der Waals surface area contributed by atoms with Crippen LogP contribution in [0.3, 0.4) is 0 Å². The van der Waals surface area contributed by atoms with E-state index in [2.05, 4.69) is 10.0 Å². The fourth-order valence-corrected chi connectivity index (χ4v) is 4.15. The first-order chi connectivity index (χ1) is 14.8. The number of carboxylic acids is 1. The van der Waals surface area contributed by atoms with Crippen LogP contribution in [0.1, 0.15) is 33.3 Å². The normalized spacial score (nSPS) is 14.3. The summed E-state index contributed by atoms with van der Waals surface area (Å²) in [5, 5.41) is 12.1. The Morgan fingerprint density at radius 3 is 2.25 bits per heavy atom. The van der Waals surface area contributed by atoms with Crippen molar-refractivity contribution in [3.05, 3.63) is 53.3 Å². The Morgan fingerprint density at radius 2 is 1.72 bits per heavy atom. The van der Waals surface area contributed by atoms with Gasteiger partial charge in [0.25, 0.3) is 15.9 Å². The summed E-state index contributed by atoms with van der Waals surface area (Å²) in [6.45, 7) is 8.03. The lowest BCUT2D eigenvalue weighted by Crippen LogP contribution is -2.41. The van der Waals surface area contributed by atoms with Crippen LogP contribution in [0.5, 0.6) is 0 Å². The van der Waals surface area contributed by atoms with E-state index in [0.717, 1.165) is 5.56 Å². The highest BCUT2D eigenvalue weighted by Gasteiger charge is 2.29. The highest BCUT2D eigenvalue weighted by molar-refractivity contribution is 7.90. The van der Waals surface area contributed by atoms with Crippen molar-refractivity contribution in [2.45, 2.75) is 39.0 Å². The molecule has 1 heterocycles. The first kappa shape index (κ1) is 25.1. The fraction of sp³-hybridized carbons (Fsp3) is 0.409. The molecule has 1 aromatic rings. The van der Waals surface area contributed by atoms with E-state index in [0.29, 0.717) is 19.5 Å². The number of amides is 2. The molecule has 0 bridgehead atoms. The van der Waals surface area contributed by atoms with Crippen LogP contribution in [-0.4, -0.2) is 55.8 Å². The Balaban J connectivity index is 2.11. The average molecular weight is 464 g/mol. The Bertz CT molecular complexity index is 1050. The number of aliphatic carboxylic acids is 1. The molecule has 9 nitrogen and oxygen atoms in total. The number of carbonyl (C=O) groups excluding carboxylic acids is 2. The number of nitrogens with zero attached hydrogens (tertiary/aromatic N) is 1. The smallest absolute Gasteiger partial charge is 0.352 e. The minimum absolute atomic E-state index is 0.0150. The topological polar surface area (TPSA) is 133 Å². The summed E-state index contributed by atoms with van der Waals surface area (Å²) < 4.78 is 27.3. The predicted octanol–water partition coefficient (Wildman–Crippen LogP) is 1.43. The quantitative estimate of drug-likeness (QED) is 0.531. The third-order valence-electron chi connectivity index (χ3n) is 4.57. The summed E-state index contributed by atoms with van der Waals surface area (Å²) >= 11 is 0. The summed E-state index contributed by atoms with van der Waals surface area (Å²) in [6, 6.07) is 6.02. The van der Waals surface area contributed by atoms with Gasteiger partial charge in [0.15, 0.2) is 0 Å². The van der Waals surface area contributed by atoms with E-state index in [-0.39, 0.29) is 34.0 Å². The molecule has 0 aliphatic carbocycles. The molecule has 10 heteroatoms. The van der Waals surface area contributed by atoms with Crippen molar-refractivity contribution in [3.63, 3.8) is 0 Å². The van der Waals surface area contributed by atoms with Gasteiger partial charge in [-0.15, -0.1) is 0 Å². The van der Waals surface area contributed by atoms with Gasteiger partial charge in [-0.05, 0) is 41.7 Å².